The minimum absolute atomic E-state index is 0.850. The molecule has 3 nitrogen and oxygen atoms in total. The Labute approximate surface area is 282 Å². The first-order chi connectivity index (χ1) is 24.3. The molecule has 0 aliphatic rings. The molecule has 8 aromatic carbocycles. The van der Waals surface area contributed by atoms with Crippen molar-refractivity contribution < 1.29 is 8.83 Å². The molecule has 0 aliphatic heterocycles. The van der Waals surface area contributed by atoms with Crippen molar-refractivity contribution in [2.45, 2.75) is 0 Å². The maximum Gasteiger partial charge on any atom is 0.143 e. The van der Waals surface area contributed by atoms with Gasteiger partial charge in [-0.25, -0.2) is 0 Å². The molecule has 0 saturated carbocycles. The molecule has 0 fully saturated rings. The standard InChI is InChI=1S/C46H29NO2/c1-2-16-31-30(14-1)15-11-21-32(31)33-17-3-7-24-39(33)47(41-26-13-29-44-45(41)38-20-6-10-28-43(38)48-44)40-25-8-4-18-34(40)36-22-12-23-37-35-19-5-9-27-42(35)49-46(36)37/h1-29H. The van der Waals surface area contributed by atoms with E-state index in [1.807, 2.05) is 24.3 Å². The number of fused-ring (bicyclic) bond motifs is 7. The van der Waals surface area contributed by atoms with Gasteiger partial charge in [0.25, 0.3) is 0 Å². The lowest BCUT2D eigenvalue weighted by Crippen LogP contribution is -2.13. The lowest BCUT2D eigenvalue weighted by molar-refractivity contribution is 0.669. The number of anilines is 3. The number of para-hydroxylation sites is 5. The van der Waals surface area contributed by atoms with Crippen molar-refractivity contribution in [3.05, 3.63) is 176 Å². The molecule has 0 atom stereocenters. The average Bonchev–Trinajstić information content (AvgIpc) is 3.74. The largest absolute Gasteiger partial charge is 0.456 e. The van der Waals surface area contributed by atoms with Crippen LogP contribution < -0.4 is 4.90 Å². The number of hydrogen-bond donors (Lipinski definition) is 0. The van der Waals surface area contributed by atoms with Gasteiger partial charge in [0, 0.05) is 32.8 Å². The smallest absolute Gasteiger partial charge is 0.143 e. The summed E-state index contributed by atoms with van der Waals surface area (Å²) in [4.78, 5) is 2.41. The predicted molar refractivity (Wildman–Crippen MR) is 204 cm³/mol. The van der Waals surface area contributed by atoms with Crippen molar-refractivity contribution in [3.63, 3.8) is 0 Å². The molecule has 0 amide bonds. The zero-order valence-electron chi connectivity index (χ0n) is 26.5. The summed E-state index contributed by atoms with van der Waals surface area (Å²) in [5, 5.41) is 6.80. The molecular formula is C46H29NO2. The Bertz CT molecular complexity index is 2850. The molecule has 2 heterocycles. The van der Waals surface area contributed by atoms with E-state index in [2.05, 4.69) is 157 Å². The molecule has 0 spiro atoms. The summed E-state index contributed by atoms with van der Waals surface area (Å²) in [6, 6.07) is 62.0. The summed E-state index contributed by atoms with van der Waals surface area (Å²) in [6.45, 7) is 0. The van der Waals surface area contributed by atoms with Crippen LogP contribution >= 0.6 is 0 Å². The van der Waals surface area contributed by atoms with Crippen LogP contribution in [0.15, 0.2) is 185 Å². The van der Waals surface area contributed by atoms with E-state index < -0.39 is 0 Å². The second kappa shape index (κ2) is 11.0. The van der Waals surface area contributed by atoms with Crippen molar-refractivity contribution in [3.8, 4) is 22.3 Å². The molecule has 3 heteroatoms. The van der Waals surface area contributed by atoms with Crippen molar-refractivity contribution in [1.29, 1.82) is 0 Å². The quantitative estimate of drug-likeness (QED) is 0.190. The van der Waals surface area contributed by atoms with Crippen LogP contribution in [0.25, 0.3) is 76.9 Å². The van der Waals surface area contributed by atoms with Crippen LogP contribution in [0.3, 0.4) is 0 Å². The van der Waals surface area contributed by atoms with Gasteiger partial charge in [-0.2, -0.15) is 0 Å². The summed E-state index contributed by atoms with van der Waals surface area (Å²) in [5.41, 5.74) is 11.1. The summed E-state index contributed by atoms with van der Waals surface area (Å²) in [5.74, 6) is 0. The fraction of sp³-hybridized carbons (Fsp3) is 0. The first kappa shape index (κ1) is 27.5. The van der Waals surface area contributed by atoms with E-state index in [-0.39, 0.29) is 0 Å². The highest BCUT2D eigenvalue weighted by molar-refractivity contribution is 6.16. The summed E-state index contributed by atoms with van der Waals surface area (Å²) >= 11 is 0. The highest BCUT2D eigenvalue weighted by Gasteiger charge is 2.25. The molecule has 10 aromatic rings. The molecule has 10 rings (SSSR count). The number of furan rings is 2. The lowest BCUT2D eigenvalue weighted by Gasteiger charge is -2.30. The molecule has 0 aliphatic carbocycles. The molecule has 0 N–H and O–H groups in total. The van der Waals surface area contributed by atoms with Crippen molar-refractivity contribution in [2.24, 2.45) is 0 Å². The van der Waals surface area contributed by atoms with E-state index in [4.69, 9.17) is 8.83 Å². The summed E-state index contributed by atoms with van der Waals surface area (Å²) in [7, 11) is 0. The molecule has 230 valence electrons. The monoisotopic (exact) mass is 627 g/mol. The van der Waals surface area contributed by atoms with Crippen LogP contribution in [0.1, 0.15) is 0 Å². The Hall–Kier alpha value is -6.58. The Kier molecular flexibility index (Phi) is 6.18. The third-order valence-corrected chi connectivity index (χ3v) is 9.69. The minimum atomic E-state index is 0.850. The molecule has 0 saturated heterocycles. The Morgan fingerprint density at radius 1 is 0.306 bits per heavy atom. The van der Waals surface area contributed by atoms with E-state index in [1.54, 1.807) is 0 Å². The maximum atomic E-state index is 6.61. The van der Waals surface area contributed by atoms with E-state index in [9.17, 15) is 0 Å². The van der Waals surface area contributed by atoms with Gasteiger partial charge in [0.05, 0.1) is 22.4 Å². The van der Waals surface area contributed by atoms with Gasteiger partial charge in [-0.05, 0) is 52.7 Å². The van der Waals surface area contributed by atoms with Crippen molar-refractivity contribution in [2.75, 3.05) is 4.90 Å². The van der Waals surface area contributed by atoms with E-state index >= 15 is 0 Å². The number of hydrogen-bond acceptors (Lipinski definition) is 3. The first-order valence-electron chi connectivity index (χ1n) is 16.6. The topological polar surface area (TPSA) is 29.5 Å². The zero-order chi connectivity index (χ0) is 32.3. The number of nitrogens with zero attached hydrogens (tertiary/aromatic N) is 1. The molecule has 2 aromatic heterocycles. The highest BCUT2D eigenvalue weighted by atomic mass is 16.3. The van der Waals surface area contributed by atoms with Gasteiger partial charge in [0.15, 0.2) is 0 Å². The van der Waals surface area contributed by atoms with Crippen molar-refractivity contribution >= 4 is 71.7 Å². The molecule has 0 bridgehead atoms. The SMILES string of the molecule is c1ccc(N(c2ccccc2-c2cccc3c2oc2ccccc23)c2cccc3oc4ccccc4c23)c(-c2cccc3ccccc23)c1. The van der Waals surface area contributed by atoms with Crippen LogP contribution in [0, 0.1) is 0 Å². The van der Waals surface area contributed by atoms with Gasteiger partial charge in [0.2, 0.25) is 0 Å². The van der Waals surface area contributed by atoms with Gasteiger partial charge in [0.1, 0.15) is 22.3 Å². The fourth-order valence-corrected chi connectivity index (χ4v) is 7.54. The zero-order valence-corrected chi connectivity index (χ0v) is 26.5. The van der Waals surface area contributed by atoms with Gasteiger partial charge in [-0.3, -0.25) is 0 Å². The van der Waals surface area contributed by atoms with Gasteiger partial charge >= 0.3 is 0 Å². The Morgan fingerprint density at radius 2 is 0.796 bits per heavy atom. The average molecular weight is 628 g/mol. The number of benzene rings is 8. The third-order valence-electron chi connectivity index (χ3n) is 9.69. The molecule has 49 heavy (non-hydrogen) atoms. The summed E-state index contributed by atoms with van der Waals surface area (Å²) < 4.78 is 13.1. The maximum absolute atomic E-state index is 6.61. The van der Waals surface area contributed by atoms with Crippen LogP contribution in [0.2, 0.25) is 0 Å². The predicted octanol–water partition coefficient (Wildman–Crippen LogP) is 13.4. The first-order valence-corrected chi connectivity index (χ1v) is 16.6. The molecule has 0 radical (unpaired) electrons. The second-order valence-electron chi connectivity index (χ2n) is 12.4. The minimum Gasteiger partial charge on any atom is -0.456 e. The van der Waals surface area contributed by atoms with Crippen LogP contribution in [-0.4, -0.2) is 0 Å². The van der Waals surface area contributed by atoms with Gasteiger partial charge in [-0.1, -0.05) is 140 Å². The lowest BCUT2D eigenvalue weighted by atomic mass is 9.94. The molecular weight excluding hydrogens is 599 g/mol. The third kappa shape index (κ3) is 4.29. The second-order valence-corrected chi connectivity index (χ2v) is 12.4. The Balaban J connectivity index is 1.31. The van der Waals surface area contributed by atoms with Gasteiger partial charge in [-0.15, -0.1) is 0 Å². The Morgan fingerprint density at radius 3 is 1.61 bits per heavy atom. The normalized spacial score (nSPS) is 11.7. The summed E-state index contributed by atoms with van der Waals surface area (Å²) in [6.07, 6.45) is 0. The number of rotatable bonds is 5. The van der Waals surface area contributed by atoms with Crippen LogP contribution in [0.4, 0.5) is 17.1 Å². The van der Waals surface area contributed by atoms with E-state index in [0.717, 1.165) is 77.6 Å². The highest BCUT2D eigenvalue weighted by Crippen LogP contribution is 2.50. The van der Waals surface area contributed by atoms with E-state index in [0.29, 0.717) is 0 Å². The van der Waals surface area contributed by atoms with Crippen LogP contribution in [-0.2, 0) is 0 Å². The van der Waals surface area contributed by atoms with E-state index in [1.165, 1.54) is 16.3 Å². The van der Waals surface area contributed by atoms with Crippen LogP contribution in [0.5, 0.6) is 0 Å². The van der Waals surface area contributed by atoms with Gasteiger partial charge < -0.3 is 13.7 Å². The fourth-order valence-electron chi connectivity index (χ4n) is 7.54. The van der Waals surface area contributed by atoms with Crippen molar-refractivity contribution in [1.82, 2.24) is 0 Å². The molecule has 0 unspecified atom stereocenters.